The van der Waals surface area contributed by atoms with Crippen molar-refractivity contribution in [1.82, 2.24) is 0 Å². The van der Waals surface area contributed by atoms with Gasteiger partial charge in [0, 0.05) is 5.56 Å². The summed E-state index contributed by atoms with van der Waals surface area (Å²) in [5.74, 6) is 0.789. The molecule has 1 heterocycles. The van der Waals surface area contributed by atoms with E-state index in [1.165, 1.54) is 12.3 Å². The molecule has 0 spiro atoms. The molecule has 25 heavy (non-hydrogen) atoms. The molecule has 0 aliphatic heterocycles. The number of hydrazone groups is 1. The first-order valence-electron chi connectivity index (χ1n) is 7.56. The number of benzene rings is 2. The van der Waals surface area contributed by atoms with E-state index in [1.807, 2.05) is 31.2 Å². The molecule has 1 aromatic heterocycles. The topological polar surface area (TPSA) is 37.5 Å². The summed E-state index contributed by atoms with van der Waals surface area (Å²) >= 11 is 0. The van der Waals surface area contributed by atoms with Crippen molar-refractivity contribution in [2.24, 2.45) is 5.10 Å². The molecule has 3 nitrogen and oxygen atoms in total. The van der Waals surface area contributed by atoms with E-state index < -0.39 is 11.7 Å². The molecular weight excluding hydrogens is 329 g/mol. The SMILES string of the molecule is Cc1ccccc1NN=Cc1ccc(-c2cccc(C(F)(F)F)c2)o1. The number of rotatable bonds is 4. The molecule has 0 saturated carbocycles. The van der Waals surface area contributed by atoms with Crippen molar-refractivity contribution in [3.8, 4) is 11.3 Å². The fourth-order valence-corrected chi connectivity index (χ4v) is 2.29. The molecule has 2 aromatic carbocycles. The molecule has 0 fully saturated rings. The molecule has 0 aliphatic rings. The van der Waals surface area contributed by atoms with Gasteiger partial charge in [0.25, 0.3) is 0 Å². The summed E-state index contributed by atoms with van der Waals surface area (Å²) in [6, 6.07) is 15.9. The van der Waals surface area contributed by atoms with Crippen LogP contribution in [0, 0.1) is 6.92 Å². The van der Waals surface area contributed by atoms with Gasteiger partial charge >= 0.3 is 6.18 Å². The smallest absolute Gasteiger partial charge is 0.416 e. The largest absolute Gasteiger partial charge is 0.455 e. The van der Waals surface area contributed by atoms with Crippen LogP contribution < -0.4 is 5.43 Å². The normalized spacial score (nSPS) is 11.8. The van der Waals surface area contributed by atoms with Gasteiger partial charge in [-0.2, -0.15) is 18.3 Å². The second kappa shape index (κ2) is 6.84. The molecule has 0 bridgehead atoms. The van der Waals surface area contributed by atoms with Crippen LogP contribution in [0.5, 0.6) is 0 Å². The van der Waals surface area contributed by atoms with Crippen LogP contribution in [-0.4, -0.2) is 6.21 Å². The summed E-state index contributed by atoms with van der Waals surface area (Å²) in [4.78, 5) is 0. The predicted octanol–water partition coefficient (Wildman–Crippen LogP) is 5.72. The summed E-state index contributed by atoms with van der Waals surface area (Å²) < 4.78 is 43.9. The zero-order valence-corrected chi connectivity index (χ0v) is 13.3. The van der Waals surface area contributed by atoms with Gasteiger partial charge < -0.3 is 4.42 Å². The Morgan fingerprint density at radius 3 is 2.56 bits per heavy atom. The van der Waals surface area contributed by atoms with Gasteiger partial charge in [-0.3, -0.25) is 5.43 Å². The standard InChI is InChI=1S/C19H15F3N2O/c1-13-5-2-3-8-17(13)24-23-12-16-9-10-18(25-16)14-6-4-7-15(11-14)19(20,21)22/h2-12,24H,1H3. The number of nitrogens with one attached hydrogen (secondary N) is 1. The molecule has 0 radical (unpaired) electrons. The van der Waals surface area contributed by atoms with Crippen molar-refractivity contribution in [2.75, 3.05) is 5.43 Å². The fraction of sp³-hybridized carbons (Fsp3) is 0.105. The minimum atomic E-state index is -4.38. The van der Waals surface area contributed by atoms with Crippen molar-refractivity contribution in [3.63, 3.8) is 0 Å². The number of furan rings is 1. The van der Waals surface area contributed by atoms with Crippen LogP contribution in [-0.2, 0) is 6.18 Å². The summed E-state index contributed by atoms with van der Waals surface area (Å²) in [5, 5.41) is 4.09. The van der Waals surface area contributed by atoms with Crippen molar-refractivity contribution < 1.29 is 17.6 Å². The van der Waals surface area contributed by atoms with E-state index >= 15 is 0 Å². The Bertz CT molecular complexity index is 897. The average Bonchev–Trinajstić information content (AvgIpc) is 3.05. The van der Waals surface area contributed by atoms with Gasteiger partial charge in [0.2, 0.25) is 0 Å². The van der Waals surface area contributed by atoms with E-state index in [0.29, 0.717) is 17.1 Å². The van der Waals surface area contributed by atoms with Crippen molar-refractivity contribution in [2.45, 2.75) is 13.1 Å². The molecule has 3 rings (SSSR count). The number of para-hydroxylation sites is 1. The van der Waals surface area contributed by atoms with Crippen molar-refractivity contribution >= 4 is 11.9 Å². The highest BCUT2D eigenvalue weighted by Gasteiger charge is 2.30. The van der Waals surface area contributed by atoms with Gasteiger partial charge in [-0.05, 0) is 42.8 Å². The van der Waals surface area contributed by atoms with Crippen LogP contribution in [0.4, 0.5) is 18.9 Å². The molecule has 0 amide bonds. The summed E-state index contributed by atoms with van der Waals surface area (Å²) in [7, 11) is 0. The van der Waals surface area contributed by atoms with Crippen LogP contribution in [0.1, 0.15) is 16.9 Å². The van der Waals surface area contributed by atoms with Gasteiger partial charge in [-0.1, -0.05) is 30.3 Å². The first-order chi connectivity index (χ1) is 11.9. The Morgan fingerprint density at radius 1 is 1.00 bits per heavy atom. The van der Waals surface area contributed by atoms with Crippen LogP contribution >= 0.6 is 0 Å². The summed E-state index contributed by atoms with van der Waals surface area (Å²) in [6.45, 7) is 1.95. The van der Waals surface area contributed by atoms with Crippen LogP contribution in [0.3, 0.4) is 0 Å². The second-order valence-electron chi connectivity index (χ2n) is 5.47. The lowest BCUT2D eigenvalue weighted by atomic mass is 10.1. The molecule has 6 heteroatoms. The number of alkyl halides is 3. The molecule has 0 saturated heterocycles. The third-order valence-corrected chi connectivity index (χ3v) is 3.62. The van der Waals surface area contributed by atoms with Gasteiger partial charge in [0.15, 0.2) is 0 Å². The Balaban J connectivity index is 1.75. The lowest BCUT2D eigenvalue weighted by molar-refractivity contribution is -0.137. The van der Waals surface area contributed by atoms with Gasteiger partial charge in [-0.25, -0.2) is 0 Å². The number of anilines is 1. The van der Waals surface area contributed by atoms with Crippen LogP contribution in [0.15, 0.2) is 70.2 Å². The quantitative estimate of drug-likeness (QED) is 0.485. The Morgan fingerprint density at radius 2 is 1.80 bits per heavy atom. The first-order valence-corrected chi connectivity index (χ1v) is 7.56. The lowest BCUT2D eigenvalue weighted by Crippen LogP contribution is -2.04. The lowest BCUT2D eigenvalue weighted by Gasteiger charge is -2.07. The number of nitrogens with zero attached hydrogens (tertiary/aromatic N) is 1. The molecule has 128 valence electrons. The zero-order valence-electron chi connectivity index (χ0n) is 13.3. The zero-order chi connectivity index (χ0) is 17.9. The van der Waals surface area contributed by atoms with E-state index in [1.54, 1.807) is 18.2 Å². The van der Waals surface area contributed by atoms with Crippen molar-refractivity contribution in [1.29, 1.82) is 0 Å². The molecule has 3 aromatic rings. The highest BCUT2D eigenvalue weighted by atomic mass is 19.4. The van der Waals surface area contributed by atoms with Crippen LogP contribution in [0.25, 0.3) is 11.3 Å². The van der Waals surface area contributed by atoms with E-state index in [0.717, 1.165) is 23.4 Å². The van der Waals surface area contributed by atoms with E-state index in [4.69, 9.17) is 4.42 Å². The molecule has 0 atom stereocenters. The minimum Gasteiger partial charge on any atom is -0.455 e. The maximum atomic E-state index is 12.8. The van der Waals surface area contributed by atoms with Gasteiger partial charge in [0.05, 0.1) is 17.5 Å². The number of hydrogen-bond donors (Lipinski definition) is 1. The fourth-order valence-electron chi connectivity index (χ4n) is 2.29. The number of halogens is 3. The van der Waals surface area contributed by atoms with Gasteiger partial charge in [-0.15, -0.1) is 0 Å². The maximum absolute atomic E-state index is 12.8. The van der Waals surface area contributed by atoms with Crippen molar-refractivity contribution in [3.05, 3.63) is 77.6 Å². The molecule has 1 N–H and O–H groups in total. The number of hydrogen-bond acceptors (Lipinski definition) is 3. The number of aryl methyl sites for hydroxylation is 1. The van der Waals surface area contributed by atoms with Crippen LogP contribution in [0.2, 0.25) is 0 Å². The Kier molecular flexibility index (Phi) is 4.61. The average molecular weight is 344 g/mol. The van der Waals surface area contributed by atoms with E-state index in [2.05, 4.69) is 10.5 Å². The second-order valence-corrected chi connectivity index (χ2v) is 5.47. The summed E-state index contributed by atoms with van der Waals surface area (Å²) in [5.41, 5.74) is 4.46. The predicted molar refractivity (Wildman–Crippen MR) is 91.5 cm³/mol. The third-order valence-electron chi connectivity index (χ3n) is 3.62. The van der Waals surface area contributed by atoms with E-state index in [-0.39, 0.29) is 0 Å². The van der Waals surface area contributed by atoms with Gasteiger partial charge in [0.1, 0.15) is 11.5 Å². The Labute approximate surface area is 142 Å². The summed E-state index contributed by atoms with van der Waals surface area (Å²) in [6.07, 6.45) is -2.91. The Hall–Kier alpha value is -3.02. The molecule has 0 aliphatic carbocycles. The third kappa shape index (κ3) is 4.09. The molecular formula is C19H15F3N2O. The highest BCUT2D eigenvalue weighted by molar-refractivity contribution is 5.78. The maximum Gasteiger partial charge on any atom is 0.416 e. The highest BCUT2D eigenvalue weighted by Crippen LogP contribution is 2.32. The minimum absolute atomic E-state index is 0.350. The van der Waals surface area contributed by atoms with E-state index in [9.17, 15) is 13.2 Å². The molecule has 0 unspecified atom stereocenters. The monoisotopic (exact) mass is 344 g/mol. The first kappa shape index (κ1) is 16.8.